The van der Waals surface area contributed by atoms with Crippen LogP contribution in [0.5, 0.6) is 0 Å². The van der Waals surface area contributed by atoms with Gasteiger partial charge in [0.2, 0.25) is 5.91 Å². The Morgan fingerprint density at radius 2 is 1.71 bits per heavy atom. The third-order valence-corrected chi connectivity index (χ3v) is 4.42. The first-order valence-corrected chi connectivity index (χ1v) is 8.14. The lowest BCUT2D eigenvalue weighted by Crippen LogP contribution is -2.22. The number of rotatable bonds is 5. The van der Waals surface area contributed by atoms with Crippen LogP contribution in [0.3, 0.4) is 0 Å². The summed E-state index contributed by atoms with van der Waals surface area (Å²) in [7, 11) is 0. The second-order valence-electron chi connectivity index (χ2n) is 5.30. The first-order valence-electron chi connectivity index (χ1n) is 7.09. The molecule has 2 aromatic rings. The van der Waals surface area contributed by atoms with Gasteiger partial charge in [-0.05, 0) is 49.6 Å². The summed E-state index contributed by atoms with van der Waals surface area (Å²) < 4.78 is 0. The average molecular weight is 299 g/mol. The molecule has 0 saturated heterocycles. The van der Waals surface area contributed by atoms with Gasteiger partial charge in [0.05, 0.1) is 5.25 Å². The summed E-state index contributed by atoms with van der Waals surface area (Å²) in [6.07, 6.45) is 0. The van der Waals surface area contributed by atoms with E-state index in [0.717, 1.165) is 22.6 Å². The Morgan fingerprint density at radius 1 is 1.10 bits per heavy atom. The van der Waals surface area contributed by atoms with E-state index < -0.39 is 0 Å². The third-order valence-electron chi connectivity index (χ3n) is 3.20. The smallest absolute Gasteiger partial charge is 0.237 e. The Labute approximate surface area is 131 Å². The first kappa shape index (κ1) is 15.6. The quantitative estimate of drug-likeness (QED) is 0.876. The van der Waals surface area contributed by atoms with E-state index in [-0.39, 0.29) is 11.2 Å². The Balaban J connectivity index is 1.90. The van der Waals surface area contributed by atoms with Crippen LogP contribution in [0.2, 0.25) is 0 Å². The monoisotopic (exact) mass is 299 g/mol. The molecule has 0 aliphatic heterocycles. The number of hydrogen-bond donors (Lipinski definition) is 1. The minimum Gasteiger partial charge on any atom is -0.325 e. The lowest BCUT2D eigenvalue weighted by atomic mass is 10.1. The van der Waals surface area contributed by atoms with Gasteiger partial charge in [0.1, 0.15) is 0 Å². The molecule has 2 rings (SSSR count). The van der Waals surface area contributed by atoms with E-state index in [1.54, 1.807) is 11.8 Å². The largest absolute Gasteiger partial charge is 0.325 e. The van der Waals surface area contributed by atoms with E-state index in [4.69, 9.17) is 0 Å². The van der Waals surface area contributed by atoms with Crippen molar-refractivity contribution in [1.29, 1.82) is 0 Å². The van der Waals surface area contributed by atoms with Crippen LogP contribution in [0, 0.1) is 13.8 Å². The van der Waals surface area contributed by atoms with Crippen LogP contribution >= 0.6 is 11.8 Å². The van der Waals surface area contributed by atoms with Crippen LogP contribution in [0.1, 0.15) is 23.6 Å². The van der Waals surface area contributed by atoms with Crippen LogP contribution < -0.4 is 5.32 Å². The summed E-state index contributed by atoms with van der Waals surface area (Å²) in [5, 5.41) is 2.92. The van der Waals surface area contributed by atoms with Gasteiger partial charge >= 0.3 is 0 Å². The molecule has 1 N–H and O–H groups in total. The highest BCUT2D eigenvalue weighted by molar-refractivity contribution is 7.99. The van der Waals surface area contributed by atoms with Gasteiger partial charge in [-0.1, -0.05) is 36.4 Å². The van der Waals surface area contributed by atoms with Gasteiger partial charge in [-0.2, -0.15) is 0 Å². The SMILES string of the molecule is Cc1cc(C)cc(NC(=O)[C@H](C)SCc2ccccc2)c1. The van der Waals surface area contributed by atoms with Gasteiger partial charge in [-0.15, -0.1) is 11.8 Å². The fourth-order valence-electron chi connectivity index (χ4n) is 2.16. The summed E-state index contributed by atoms with van der Waals surface area (Å²) in [6, 6.07) is 16.3. The minimum absolute atomic E-state index is 0.0564. The van der Waals surface area contributed by atoms with Crippen molar-refractivity contribution in [1.82, 2.24) is 0 Å². The molecule has 1 amide bonds. The molecule has 0 spiro atoms. The molecule has 0 bridgehead atoms. The van der Waals surface area contributed by atoms with Crippen molar-refractivity contribution >= 4 is 23.4 Å². The molecule has 0 heterocycles. The highest BCUT2D eigenvalue weighted by Crippen LogP contribution is 2.20. The fourth-order valence-corrected chi connectivity index (χ4v) is 3.01. The summed E-state index contributed by atoms with van der Waals surface area (Å²) >= 11 is 1.65. The third kappa shape index (κ3) is 4.94. The Kier molecular flexibility index (Phi) is 5.45. The number of benzene rings is 2. The number of aryl methyl sites for hydroxylation is 2. The normalized spacial score (nSPS) is 12.0. The van der Waals surface area contributed by atoms with Crippen molar-refractivity contribution in [3.63, 3.8) is 0 Å². The second kappa shape index (κ2) is 7.32. The molecular formula is C18H21NOS. The van der Waals surface area contributed by atoms with Crippen LogP contribution in [0.15, 0.2) is 48.5 Å². The molecule has 110 valence electrons. The number of thioether (sulfide) groups is 1. The molecule has 3 heteroatoms. The molecule has 1 atom stereocenters. The van der Waals surface area contributed by atoms with Gasteiger partial charge in [-0.3, -0.25) is 4.79 Å². The number of amides is 1. The molecule has 0 unspecified atom stereocenters. The first-order chi connectivity index (χ1) is 10.0. The molecule has 0 fully saturated rings. The van der Waals surface area contributed by atoms with E-state index in [2.05, 4.69) is 23.5 Å². The number of hydrogen-bond acceptors (Lipinski definition) is 2. The van der Waals surface area contributed by atoms with E-state index in [0.29, 0.717) is 0 Å². The van der Waals surface area contributed by atoms with Gasteiger partial charge in [0.15, 0.2) is 0 Å². The van der Waals surface area contributed by atoms with Crippen LogP contribution in [0.4, 0.5) is 5.69 Å². The Bertz CT molecular complexity index is 590. The number of nitrogens with one attached hydrogen (secondary N) is 1. The molecule has 0 aromatic heterocycles. The van der Waals surface area contributed by atoms with Gasteiger partial charge < -0.3 is 5.32 Å². The molecule has 0 aliphatic rings. The van der Waals surface area contributed by atoms with E-state index in [1.165, 1.54) is 5.56 Å². The van der Waals surface area contributed by atoms with Gasteiger partial charge in [0, 0.05) is 11.4 Å². The maximum atomic E-state index is 12.2. The van der Waals surface area contributed by atoms with Crippen LogP contribution in [0.25, 0.3) is 0 Å². The summed E-state index contributed by atoms with van der Waals surface area (Å²) in [4.78, 5) is 12.2. The Morgan fingerprint density at radius 3 is 2.33 bits per heavy atom. The Hall–Kier alpha value is -1.74. The second-order valence-corrected chi connectivity index (χ2v) is 6.63. The van der Waals surface area contributed by atoms with E-state index >= 15 is 0 Å². The van der Waals surface area contributed by atoms with E-state index in [1.807, 2.05) is 51.1 Å². The van der Waals surface area contributed by atoms with Crippen molar-refractivity contribution in [3.05, 3.63) is 65.2 Å². The highest BCUT2D eigenvalue weighted by Gasteiger charge is 2.13. The van der Waals surface area contributed by atoms with Crippen molar-refractivity contribution < 1.29 is 4.79 Å². The maximum Gasteiger partial charge on any atom is 0.237 e. The standard InChI is InChI=1S/C18H21NOS/c1-13-9-14(2)11-17(10-13)19-18(20)15(3)21-12-16-7-5-4-6-8-16/h4-11,15H,12H2,1-3H3,(H,19,20)/t15-/m0/s1. The van der Waals surface area contributed by atoms with Crippen molar-refractivity contribution in [2.45, 2.75) is 31.8 Å². The molecule has 0 radical (unpaired) electrons. The number of carbonyl (C=O) groups excluding carboxylic acids is 1. The van der Waals surface area contributed by atoms with Crippen LogP contribution in [-0.2, 0) is 10.5 Å². The zero-order chi connectivity index (χ0) is 15.2. The zero-order valence-corrected chi connectivity index (χ0v) is 13.5. The lowest BCUT2D eigenvalue weighted by molar-refractivity contribution is -0.115. The zero-order valence-electron chi connectivity index (χ0n) is 12.7. The van der Waals surface area contributed by atoms with Gasteiger partial charge in [0.25, 0.3) is 0 Å². The molecule has 2 aromatic carbocycles. The van der Waals surface area contributed by atoms with Gasteiger partial charge in [-0.25, -0.2) is 0 Å². The lowest BCUT2D eigenvalue weighted by Gasteiger charge is -2.13. The summed E-state index contributed by atoms with van der Waals surface area (Å²) in [6.45, 7) is 6.03. The van der Waals surface area contributed by atoms with E-state index in [9.17, 15) is 4.79 Å². The highest BCUT2D eigenvalue weighted by atomic mass is 32.2. The molecular weight excluding hydrogens is 278 g/mol. The predicted octanol–water partition coefficient (Wildman–Crippen LogP) is 4.56. The topological polar surface area (TPSA) is 29.1 Å². The predicted molar refractivity (Wildman–Crippen MR) is 91.7 cm³/mol. The number of anilines is 1. The maximum absolute atomic E-state index is 12.2. The summed E-state index contributed by atoms with van der Waals surface area (Å²) in [5.41, 5.74) is 4.45. The van der Waals surface area contributed by atoms with Crippen LogP contribution in [-0.4, -0.2) is 11.2 Å². The summed E-state index contributed by atoms with van der Waals surface area (Å²) in [5.74, 6) is 0.906. The van der Waals surface area contributed by atoms with Crippen molar-refractivity contribution in [3.8, 4) is 0 Å². The molecule has 0 aliphatic carbocycles. The number of carbonyl (C=O) groups is 1. The van der Waals surface area contributed by atoms with Crippen molar-refractivity contribution in [2.24, 2.45) is 0 Å². The molecule has 0 saturated carbocycles. The molecule has 2 nitrogen and oxygen atoms in total. The minimum atomic E-state index is -0.0778. The fraction of sp³-hybridized carbons (Fsp3) is 0.278. The average Bonchev–Trinajstić information content (AvgIpc) is 2.44. The van der Waals surface area contributed by atoms with Crippen molar-refractivity contribution in [2.75, 3.05) is 5.32 Å². The molecule has 21 heavy (non-hydrogen) atoms.